The van der Waals surface area contributed by atoms with Crippen LogP contribution >= 0.6 is 12.2 Å². The van der Waals surface area contributed by atoms with Gasteiger partial charge in [0.25, 0.3) is 0 Å². The zero-order valence-corrected chi connectivity index (χ0v) is 14.8. The number of rotatable bonds is 4. The van der Waals surface area contributed by atoms with Crippen LogP contribution in [0.5, 0.6) is 11.5 Å². The van der Waals surface area contributed by atoms with Gasteiger partial charge in [-0.15, -0.1) is 0 Å². The Kier molecular flexibility index (Phi) is 5.20. The van der Waals surface area contributed by atoms with Crippen LogP contribution in [0, 0.1) is 0 Å². The molecule has 4 nitrogen and oxygen atoms in total. The van der Waals surface area contributed by atoms with Gasteiger partial charge in [0.2, 0.25) is 0 Å². The normalized spacial score (nSPS) is 16.0. The number of hydrogen-bond acceptors (Lipinski definition) is 3. The molecule has 0 spiro atoms. The van der Waals surface area contributed by atoms with Crippen LogP contribution in [0.1, 0.15) is 30.0 Å². The van der Waals surface area contributed by atoms with E-state index in [1.165, 1.54) is 17.5 Å². The van der Waals surface area contributed by atoms with Crippen molar-refractivity contribution in [1.29, 1.82) is 0 Å². The van der Waals surface area contributed by atoms with Gasteiger partial charge in [0, 0.05) is 6.07 Å². The fraction of sp³-hybridized carbons (Fsp3) is 0.316. The molecule has 0 amide bonds. The Morgan fingerprint density at radius 1 is 1.12 bits per heavy atom. The molecule has 2 aromatic carbocycles. The Balaban J connectivity index is 1.71. The molecule has 126 valence electrons. The van der Waals surface area contributed by atoms with E-state index in [0.717, 1.165) is 24.3 Å². The van der Waals surface area contributed by atoms with Crippen molar-refractivity contribution in [2.45, 2.75) is 25.3 Å². The average molecular weight is 342 g/mol. The molecule has 2 aromatic rings. The van der Waals surface area contributed by atoms with Crippen LogP contribution in [0.15, 0.2) is 42.5 Å². The van der Waals surface area contributed by atoms with Crippen molar-refractivity contribution in [3.05, 3.63) is 53.6 Å². The predicted octanol–water partition coefficient (Wildman–Crippen LogP) is 4.07. The summed E-state index contributed by atoms with van der Waals surface area (Å²) in [6, 6.07) is 14.4. The molecule has 0 aromatic heterocycles. The van der Waals surface area contributed by atoms with Gasteiger partial charge in [-0.25, -0.2) is 0 Å². The van der Waals surface area contributed by atoms with Crippen molar-refractivity contribution >= 4 is 23.0 Å². The smallest absolute Gasteiger partial charge is 0.171 e. The lowest BCUT2D eigenvalue weighted by Crippen LogP contribution is -2.34. The number of thiocarbonyl (C=S) groups is 1. The SMILES string of the molecule is COc1ccc(NC(=S)N[C@H]2CCCc3ccccc32)c(OC)c1. The lowest BCUT2D eigenvalue weighted by molar-refractivity contribution is 0.395. The number of aryl methyl sites for hydroxylation is 1. The molecule has 5 heteroatoms. The number of methoxy groups -OCH3 is 2. The zero-order chi connectivity index (χ0) is 16.9. The summed E-state index contributed by atoms with van der Waals surface area (Å²) in [6.07, 6.45) is 3.39. The molecule has 24 heavy (non-hydrogen) atoms. The summed E-state index contributed by atoms with van der Waals surface area (Å²) >= 11 is 5.51. The summed E-state index contributed by atoms with van der Waals surface area (Å²) in [5, 5.41) is 7.26. The van der Waals surface area contributed by atoms with Crippen LogP contribution < -0.4 is 20.1 Å². The van der Waals surface area contributed by atoms with Gasteiger partial charge >= 0.3 is 0 Å². The molecule has 1 aliphatic carbocycles. The van der Waals surface area contributed by atoms with E-state index in [-0.39, 0.29) is 6.04 Å². The van der Waals surface area contributed by atoms with Gasteiger partial charge in [-0.1, -0.05) is 24.3 Å². The van der Waals surface area contributed by atoms with Crippen LogP contribution in [0.4, 0.5) is 5.69 Å². The minimum absolute atomic E-state index is 0.249. The first-order valence-corrected chi connectivity index (χ1v) is 8.49. The molecule has 0 unspecified atom stereocenters. The van der Waals surface area contributed by atoms with E-state index in [9.17, 15) is 0 Å². The van der Waals surface area contributed by atoms with Crippen LogP contribution in [-0.2, 0) is 6.42 Å². The number of ether oxygens (including phenoxy) is 2. The maximum absolute atomic E-state index is 5.51. The third kappa shape index (κ3) is 3.62. The maximum atomic E-state index is 5.51. The molecular formula is C19H22N2O2S. The van der Waals surface area contributed by atoms with E-state index in [4.69, 9.17) is 21.7 Å². The van der Waals surface area contributed by atoms with Gasteiger partial charge in [-0.05, 0) is 54.7 Å². The Morgan fingerprint density at radius 3 is 2.75 bits per heavy atom. The molecule has 1 aliphatic rings. The molecule has 0 fully saturated rings. The Bertz CT molecular complexity index is 733. The zero-order valence-electron chi connectivity index (χ0n) is 14.0. The minimum Gasteiger partial charge on any atom is -0.497 e. The number of nitrogens with one attached hydrogen (secondary N) is 2. The van der Waals surface area contributed by atoms with Crippen molar-refractivity contribution in [1.82, 2.24) is 5.32 Å². The third-order valence-corrected chi connectivity index (χ3v) is 4.55. The van der Waals surface area contributed by atoms with Gasteiger partial charge in [0.05, 0.1) is 25.9 Å². The molecule has 1 atom stereocenters. The van der Waals surface area contributed by atoms with E-state index >= 15 is 0 Å². The number of anilines is 1. The van der Waals surface area contributed by atoms with Gasteiger partial charge in [0.1, 0.15) is 11.5 Å². The van der Waals surface area contributed by atoms with E-state index in [1.54, 1.807) is 14.2 Å². The van der Waals surface area contributed by atoms with E-state index in [0.29, 0.717) is 10.9 Å². The van der Waals surface area contributed by atoms with Crippen molar-refractivity contribution in [3.8, 4) is 11.5 Å². The highest BCUT2D eigenvalue weighted by Crippen LogP contribution is 2.31. The number of benzene rings is 2. The molecule has 0 saturated heterocycles. The molecule has 2 N–H and O–H groups in total. The van der Waals surface area contributed by atoms with Crippen LogP contribution in [0.2, 0.25) is 0 Å². The lowest BCUT2D eigenvalue weighted by atomic mass is 9.88. The molecule has 0 bridgehead atoms. The van der Waals surface area contributed by atoms with Crippen molar-refractivity contribution in [2.24, 2.45) is 0 Å². The number of fused-ring (bicyclic) bond motifs is 1. The lowest BCUT2D eigenvalue weighted by Gasteiger charge is -2.27. The Labute approximate surface area is 148 Å². The topological polar surface area (TPSA) is 42.5 Å². The van der Waals surface area contributed by atoms with Crippen molar-refractivity contribution in [3.63, 3.8) is 0 Å². The predicted molar refractivity (Wildman–Crippen MR) is 101 cm³/mol. The Hall–Kier alpha value is -2.27. The van der Waals surface area contributed by atoms with E-state index in [2.05, 4.69) is 34.9 Å². The third-order valence-electron chi connectivity index (χ3n) is 4.33. The first-order chi connectivity index (χ1) is 11.7. The van der Waals surface area contributed by atoms with Gasteiger partial charge in [-0.3, -0.25) is 0 Å². The molecule has 0 radical (unpaired) electrons. The monoisotopic (exact) mass is 342 g/mol. The molecule has 0 saturated carbocycles. The average Bonchev–Trinajstić information content (AvgIpc) is 2.62. The quantitative estimate of drug-likeness (QED) is 0.820. The largest absolute Gasteiger partial charge is 0.497 e. The summed E-state index contributed by atoms with van der Waals surface area (Å²) < 4.78 is 10.6. The maximum Gasteiger partial charge on any atom is 0.171 e. The van der Waals surface area contributed by atoms with Gasteiger partial charge in [0.15, 0.2) is 5.11 Å². The van der Waals surface area contributed by atoms with Crippen molar-refractivity contribution < 1.29 is 9.47 Å². The Morgan fingerprint density at radius 2 is 1.96 bits per heavy atom. The summed E-state index contributed by atoms with van der Waals surface area (Å²) in [5.74, 6) is 1.44. The summed E-state index contributed by atoms with van der Waals surface area (Å²) in [6.45, 7) is 0. The van der Waals surface area contributed by atoms with Crippen LogP contribution in [0.25, 0.3) is 0 Å². The molecular weight excluding hydrogens is 320 g/mol. The molecule has 0 aliphatic heterocycles. The highest BCUT2D eigenvalue weighted by Gasteiger charge is 2.20. The van der Waals surface area contributed by atoms with Crippen LogP contribution in [0.3, 0.4) is 0 Å². The van der Waals surface area contributed by atoms with Crippen LogP contribution in [-0.4, -0.2) is 19.3 Å². The summed E-state index contributed by atoms with van der Waals surface area (Å²) in [7, 11) is 3.27. The van der Waals surface area contributed by atoms with Gasteiger partial charge in [-0.2, -0.15) is 0 Å². The molecule has 0 heterocycles. The van der Waals surface area contributed by atoms with E-state index < -0.39 is 0 Å². The first-order valence-electron chi connectivity index (χ1n) is 8.08. The summed E-state index contributed by atoms with van der Waals surface area (Å²) in [5.41, 5.74) is 3.57. The van der Waals surface area contributed by atoms with Crippen molar-refractivity contribution in [2.75, 3.05) is 19.5 Å². The van der Waals surface area contributed by atoms with E-state index in [1.807, 2.05) is 18.2 Å². The second kappa shape index (κ2) is 7.53. The second-order valence-electron chi connectivity index (χ2n) is 5.81. The standard InChI is InChI=1S/C19H22N2O2S/c1-22-14-10-11-17(18(12-14)23-2)21-19(24)20-16-9-5-7-13-6-3-4-8-15(13)16/h3-4,6,8,10-12,16H,5,7,9H2,1-2H3,(H2,20,21,24)/t16-/m0/s1. The summed E-state index contributed by atoms with van der Waals surface area (Å²) in [4.78, 5) is 0. The highest BCUT2D eigenvalue weighted by atomic mass is 32.1. The number of hydrogen-bond donors (Lipinski definition) is 2. The highest BCUT2D eigenvalue weighted by molar-refractivity contribution is 7.80. The fourth-order valence-corrected chi connectivity index (χ4v) is 3.37. The fourth-order valence-electron chi connectivity index (χ4n) is 3.12. The van der Waals surface area contributed by atoms with Gasteiger partial charge < -0.3 is 20.1 Å². The molecule has 3 rings (SSSR count). The minimum atomic E-state index is 0.249. The first kappa shape index (κ1) is 16.6. The second-order valence-corrected chi connectivity index (χ2v) is 6.22.